The molecule has 4 heterocycles. The fourth-order valence-electron chi connectivity index (χ4n) is 8.11. The molecule has 6 nitrogen and oxygen atoms in total. The van der Waals surface area contributed by atoms with Crippen molar-refractivity contribution >= 4 is 33.2 Å². The predicted octanol–water partition coefficient (Wildman–Crippen LogP) is 8.08. The lowest BCUT2D eigenvalue weighted by Crippen LogP contribution is -2.52. The maximum Gasteiger partial charge on any atom is 0.336 e. The van der Waals surface area contributed by atoms with E-state index in [9.17, 15) is 0 Å². The number of aromatic amines is 2. The number of hydrogen-bond acceptors (Lipinski definition) is 4. The van der Waals surface area contributed by atoms with Gasteiger partial charge >= 0.3 is 11.8 Å². The largest absolute Gasteiger partial charge is 0.341 e. The zero-order valence-corrected chi connectivity index (χ0v) is 25.2. The summed E-state index contributed by atoms with van der Waals surface area (Å²) in [6.45, 7) is 1.90. The fourth-order valence-corrected chi connectivity index (χ4v) is 8.11. The van der Waals surface area contributed by atoms with E-state index < -0.39 is 23.3 Å². The molecule has 4 aromatic rings. The monoisotopic (exact) mass is 626 g/mol. The average molecular weight is 627 g/mol. The van der Waals surface area contributed by atoms with Gasteiger partial charge in [0.25, 0.3) is 0 Å². The van der Waals surface area contributed by atoms with Gasteiger partial charge in [-0.3, -0.25) is 0 Å². The number of alkyl halides is 4. The number of fused-ring (bicyclic) bond motifs is 4. The summed E-state index contributed by atoms with van der Waals surface area (Å²) in [4.78, 5) is 16.2. The molecule has 3 atom stereocenters. The molecule has 4 N–H and O–H groups in total. The number of aromatic nitrogens is 4. The van der Waals surface area contributed by atoms with Crippen LogP contribution in [0, 0.1) is 5.92 Å². The fraction of sp³-hybridized carbons (Fsp3) is 0.389. The molecule has 0 saturated carbocycles. The maximum absolute atomic E-state index is 16.0. The van der Waals surface area contributed by atoms with Crippen LogP contribution in [-0.4, -0.2) is 44.9 Å². The van der Waals surface area contributed by atoms with Gasteiger partial charge in [0, 0.05) is 5.57 Å². The summed E-state index contributed by atoms with van der Waals surface area (Å²) in [7, 11) is 0. The summed E-state index contributed by atoms with van der Waals surface area (Å²) in [6.07, 6.45) is 9.61. The Morgan fingerprint density at radius 2 is 1.33 bits per heavy atom. The summed E-state index contributed by atoms with van der Waals surface area (Å²) >= 11 is 0. The Morgan fingerprint density at radius 3 is 1.91 bits per heavy atom. The van der Waals surface area contributed by atoms with Crippen LogP contribution in [0.3, 0.4) is 0 Å². The Hall–Kier alpha value is -4.02. The number of rotatable bonds is 4. The Morgan fingerprint density at radius 1 is 0.717 bits per heavy atom. The third-order valence-electron chi connectivity index (χ3n) is 10.6. The SMILES string of the molecule is FC1(F)C2=C(CCC(c3ccc4nc([C@@H]5CCCN5)[nH]c4c3)=C2)C2=CC=C(c3ccc4nc([C@@H]5CCCN5)[nH]c4c3)CC2C1(F)F. The van der Waals surface area contributed by atoms with Crippen molar-refractivity contribution in [2.24, 2.45) is 5.92 Å². The van der Waals surface area contributed by atoms with Crippen LogP contribution in [0.15, 0.2) is 71.3 Å². The van der Waals surface area contributed by atoms with E-state index in [0.29, 0.717) is 28.7 Å². The first-order valence-corrected chi connectivity index (χ1v) is 16.3. The quantitative estimate of drug-likeness (QED) is 0.173. The zero-order chi connectivity index (χ0) is 31.2. The molecule has 2 aliphatic heterocycles. The van der Waals surface area contributed by atoms with Crippen molar-refractivity contribution in [3.63, 3.8) is 0 Å². The predicted molar refractivity (Wildman–Crippen MR) is 170 cm³/mol. The molecule has 0 radical (unpaired) electrons. The summed E-state index contributed by atoms with van der Waals surface area (Å²) in [5.74, 6) is -8.41. The van der Waals surface area contributed by atoms with Gasteiger partial charge in [0.2, 0.25) is 0 Å². The molecule has 9 rings (SSSR count). The van der Waals surface area contributed by atoms with Crippen molar-refractivity contribution in [2.75, 3.05) is 13.1 Å². The first kappa shape index (κ1) is 28.2. The highest BCUT2D eigenvalue weighted by Gasteiger charge is 2.67. The molecular weight excluding hydrogens is 592 g/mol. The third kappa shape index (κ3) is 4.29. The minimum atomic E-state index is -4.30. The number of hydrogen-bond donors (Lipinski definition) is 4. The van der Waals surface area contributed by atoms with Crippen molar-refractivity contribution < 1.29 is 17.6 Å². The number of halogens is 4. The van der Waals surface area contributed by atoms with E-state index in [4.69, 9.17) is 9.97 Å². The van der Waals surface area contributed by atoms with E-state index in [1.807, 2.05) is 42.5 Å². The maximum atomic E-state index is 16.0. The summed E-state index contributed by atoms with van der Waals surface area (Å²) in [5.41, 5.74) is 6.11. The van der Waals surface area contributed by atoms with E-state index in [1.54, 1.807) is 6.08 Å². The number of imidazole rings is 2. The average Bonchev–Trinajstić information content (AvgIpc) is 3.89. The molecule has 3 aliphatic carbocycles. The van der Waals surface area contributed by atoms with Gasteiger partial charge < -0.3 is 20.6 Å². The van der Waals surface area contributed by atoms with Crippen LogP contribution < -0.4 is 10.6 Å². The summed E-state index contributed by atoms with van der Waals surface area (Å²) in [6, 6.07) is 11.6. The number of benzene rings is 2. The van der Waals surface area contributed by atoms with Crippen molar-refractivity contribution in [2.45, 2.75) is 68.9 Å². The lowest BCUT2D eigenvalue weighted by molar-refractivity contribution is -0.211. The van der Waals surface area contributed by atoms with Gasteiger partial charge in [-0.1, -0.05) is 24.3 Å². The van der Waals surface area contributed by atoms with Crippen LogP contribution in [0.25, 0.3) is 33.2 Å². The highest BCUT2D eigenvalue weighted by Crippen LogP contribution is 2.59. The van der Waals surface area contributed by atoms with Crippen LogP contribution in [0.2, 0.25) is 0 Å². The van der Waals surface area contributed by atoms with Crippen LogP contribution in [0.4, 0.5) is 17.6 Å². The molecule has 2 saturated heterocycles. The van der Waals surface area contributed by atoms with Crippen LogP contribution >= 0.6 is 0 Å². The van der Waals surface area contributed by atoms with Crippen LogP contribution in [-0.2, 0) is 0 Å². The van der Waals surface area contributed by atoms with Gasteiger partial charge in [-0.15, -0.1) is 0 Å². The number of H-pyrrole nitrogens is 2. The minimum absolute atomic E-state index is 0.160. The van der Waals surface area contributed by atoms with Gasteiger partial charge in [0.1, 0.15) is 11.6 Å². The third-order valence-corrected chi connectivity index (χ3v) is 10.6. The van der Waals surface area contributed by atoms with E-state index in [2.05, 4.69) is 20.6 Å². The highest BCUT2D eigenvalue weighted by molar-refractivity contribution is 5.84. The van der Waals surface area contributed by atoms with E-state index in [1.165, 1.54) is 6.08 Å². The Labute approximate surface area is 263 Å². The van der Waals surface area contributed by atoms with Gasteiger partial charge in [-0.25, -0.2) is 9.97 Å². The second-order valence-electron chi connectivity index (χ2n) is 13.3. The lowest BCUT2D eigenvalue weighted by atomic mass is 9.66. The Balaban J connectivity index is 1.06. The van der Waals surface area contributed by atoms with Crippen molar-refractivity contribution in [1.82, 2.24) is 30.6 Å². The molecule has 0 spiro atoms. The van der Waals surface area contributed by atoms with Crippen LogP contribution in [0.5, 0.6) is 0 Å². The molecule has 5 aliphatic rings. The van der Waals surface area contributed by atoms with E-state index in [-0.39, 0.29) is 24.9 Å². The highest BCUT2D eigenvalue weighted by atomic mass is 19.3. The van der Waals surface area contributed by atoms with Crippen molar-refractivity contribution in [1.29, 1.82) is 0 Å². The molecule has 2 fully saturated rings. The number of allylic oxidation sites excluding steroid dienone is 8. The topological polar surface area (TPSA) is 81.4 Å². The first-order valence-electron chi connectivity index (χ1n) is 16.3. The molecule has 1 unspecified atom stereocenters. The van der Waals surface area contributed by atoms with E-state index >= 15 is 17.6 Å². The van der Waals surface area contributed by atoms with Gasteiger partial charge in [0.05, 0.1) is 40.1 Å². The second kappa shape index (κ2) is 10.2. The van der Waals surface area contributed by atoms with Gasteiger partial charge in [-0.2, -0.15) is 17.6 Å². The molecule has 2 aromatic carbocycles. The summed E-state index contributed by atoms with van der Waals surface area (Å²) in [5, 5.41) is 6.86. The van der Waals surface area contributed by atoms with Crippen LogP contribution in [0.1, 0.15) is 79.8 Å². The molecule has 236 valence electrons. The first-order chi connectivity index (χ1) is 22.3. The number of nitrogens with zero attached hydrogens (tertiary/aromatic N) is 2. The van der Waals surface area contributed by atoms with Gasteiger partial charge in [-0.05, 0) is 122 Å². The standard InChI is InChI=1S/C36H34F4N6/c37-35(38)25-15-19(21-7-11-27-31(17-21)45-33(43-27)29-3-1-13-41-29)5-9-23(25)24-10-6-20(16-26(24)36(35,39)40)22-8-12-28-32(18-22)46-34(44-28)30-4-2-14-42-30/h5,7-9,11-12,16-18,25,29-30,41-42H,1-4,6,10,13-15H2,(H,43,45)(H,44,46)/t25?,29-,30-/m0/s1. The molecule has 0 bridgehead atoms. The molecular formula is C36H34F4N6. The zero-order valence-electron chi connectivity index (χ0n) is 25.2. The summed E-state index contributed by atoms with van der Waals surface area (Å²) < 4.78 is 63.9. The second-order valence-corrected chi connectivity index (χ2v) is 13.3. The molecule has 2 aromatic heterocycles. The molecule has 46 heavy (non-hydrogen) atoms. The smallest absolute Gasteiger partial charge is 0.336 e. The minimum Gasteiger partial charge on any atom is -0.341 e. The van der Waals surface area contributed by atoms with Gasteiger partial charge in [0.15, 0.2) is 0 Å². The van der Waals surface area contributed by atoms with Crippen molar-refractivity contribution in [3.8, 4) is 0 Å². The molecule has 0 amide bonds. The molecule has 10 heteroatoms. The van der Waals surface area contributed by atoms with Crippen molar-refractivity contribution in [3.05, 3.63) is 94.1 Å². The Kier molecular flexibility index (Phi) is 6.28. The number of nitrogens with one attached hydrogen (secondary N) is 4. The van der Waals surface area contributed by atoms with E-state index in [0.717, 1.165) is 83.6 Å². The Bertz CT molecular complexity index is 2020. The normalized spacial score (nSPS) is 27.0. The lowest BCUT2D eigenvalue weighted by Gasteiger charge is -2.44.